The van der Waals surface area contributed by atoms with Gasteiger partial charge in [-0.05, 0) is 33.9 Å². The highest BCUT2D eigenvalue weighted by molar-refractivity contribution is 4.81. The zero-order chi connectivity index (χ0) is 7.56. The van der Waals surface area contributed by atoms with Gasteiger partial charge in [0.25, 0.3) is 0 Å². The highest BCUT2D eigenvalue weighted by Gasteiger charge is 2.21. The van der Waals surface area contributed by atoms with Crippen LogP contribution in [0.2, 0.25) is 0 Å². The van der Waals surface area contributed by atoms with Crippen LogP contribution in [-0.4, -0.2) is 37.1 Å². The SMILES string of the molecule is CNC1CCN(C(C)C)C1.[HH]. The van der Waals surface area contributed by atoms with Crippen molar-refractivity contribution in [3.05, 3.63) is 0 Å². The van der Waals surface area contributed by atoms with E-state index >= 15 is 0 Å². The molecule has 1 saturated heterocycles. The summed E-state index contributed by atoms with van der Waals surface area (Å²) in [6.07, 6.45) is 1.31. The molecule has 0 spiro atoms. The fraction of sp³-hybridized carbons (Fsp3) is 1.00. The van der Waals surface area contributed by atoms with E-state index in [1.165, 1.54) is 19.5 Å². The summed E-state index contributed by atoms with van der Waals surface area (Å²) in [6.45, 7) is 7.02. The Bertz CT molecular complexity index is 106. The molecule has 0 aromatic rings. The van der Waals surface area contributed by atoms with Gasteiger partial charge in [-0.1, -0.05) is 0 Å². The van der Waals surface area contributed by atoms with Crippen LogP contribution in [0.4, 0.5) is 0 Å². The molecule has 62 valence electrons. The lowest BCUT2D eigenvalue weighted by Gasteiger charge is -2.19. The van der Waals surface area contributed by atoms with Crippen molar-refractivity contribution in [3.8, 4) is 0 Å². The molecule has 2 heteroatoms. The van der Waals surface area contributed by atoms with Crippen molar-refractivity contribution in [2.24, 2.45) is 0 Å². The summed E-state index contributed by atoms with van der Waals surface area (Å²) in [5.41, 5.74) is 0. The van der Waals surface area contributed by atoms with Gasteiger partial charge in [-0.25, -0.2) is 0 Å². The van der Waals surface area contributed by atoms with E-state index in [0.717, 1.165) is 12.1 Å². The Balaban J connectivity index is 0.000001000. The third-order valence-electron chi connectivity index (χ3n) is 2.36. The minimum absolute atomic E-state index is 0. The standard InChI is InChI=1S/C8H18N2.H2/c1-7(2)10-5-4-8(6-10)9-3;/h7-9H,4-6H2,1-3H3;1H. The van der Waals surface area contributed by atoms with Crippen LogP contribution in [0, 0.1) is 0 Å². The number of hydrogen-bond donors (Lipinski definition) is 1. The molecule has 1 atom stereocenters. The molecule has 0 aromatic carbocycles. The molecule has 1 aliphatic heterocycles. The molecule has 0 bridgehead atoms. The summed E-state index contributed by atoms with van der Waals surface area (Å²) >= 11 is 0. The zero-order valence-electron chi connectivity index (χ0n) is 7.22. The molecular formula is C8H20N2. The largest absolute Gasteiger partial charge is 0.316 e. The molecule has 1 N–H and O–H groups in total. The summed E-state index contributed by atoms with van der Waals surface area (Å²) in [4.78, 5) is 2.52. The van der Waals surface area contributed by atoms with E-state index in [1.807, 2.05) is 0 Å². The molecule has 10 heavy (non-hydrogen) atoms. The molecule has 1 aliphatic rings. The van der Waals surface area contributed by atoms with Crippen molar-refractivity contribution in [1.82, 2.24) is 10.2 Å². The Kier molecular flexibility index (Phi) is 2.69. The van der Waals surface area contributed by atoms with E-state index in [2.05, 4.69) is 31.1 Å². The number of nitrogens with one attached hydrogen (secondary N) is 1. The van der Waals surface area contributed by atoms with Crippen molar-refractivity contribution < 1.29 is 1.43 Å². The smallest absolute Gasteiger partial charge is 0.0204 e. The minimum Gasteiger partial charge on any atom is -0.316 e. The van der Waals surface area contributed by atoms with Crippen LogP contribution >= 0.6 is 0 Å². The fourth-order valence-electron chi connectivity index (χ4n) is 1.49. The van der Waals surface area contributed by atoms with Gasteiger partial charge in [-0.2, -0.15) is 0 Å². The predicted molar refractivity (Wildman–Crippen MR) is 46.3 cm³/mol. The first-order chi connectivity index (χ1) is 4.74. The van der Waals surface area contributed by atoms with Gasteiger partial charge in [0.05, 0.1) is 0 Å². The van der Waals surface area contributed by atoms with Crippen molar-refractivity contribution in [2.75, 3.05) is 20.1 Å². The van der Waals surface area contributed by atoms with Crippen LogP contribution in [0.5, 0.6) is 0 Å². The van der Waals surface area contributed by atoms with E-state index < -0.39 is 0 Å². The minimum atomic E-state index is 0. The van der Waals surface area contributed by atoms with Crippen LogP contribution in [0.3, 0.4) is 0 Å². The second-order valence-corrected chi connectivity index (χ2v) is 3.36. The third kappa shape index (κ3) is 1.70. The van der Waals surface area contributed by atoms with Crippen molar-refractivity contribution in [3.63, 3.8) is 0 Å². The lowest BCUT2D eigenvalue weighted by molar-refractivity contribution is 0.269. The maximum Gasteiger partial charge on any atom is 0.0204 e. The first-order valence-corrected chi connectivity index (χ1v) is 4.15. The van der Waals surface area contributed by atoms with E-state index in [9.17, 15) is 0 Å². The van der Waals surface area contributed by atoms with Gasteiger partial charge in [0, 0.05) is 20.1 Å². The van der Waals surface area contributed by atoms with Gasteiger partial charge < -0.3 is 5.32 Å². The summed E-state index contributed by atoms with van der Waals surface area (Å²) in [5, 5.41) is 3.31. The van der Waals surface area contributed by atoms with Gasteiger partial charge in [0.1, 0.15) is 0 Å². The molecule has 0 saturated carbocycles. The van der Waals surface area contributed by atoms with Gasteiger partial charge in [0.2, 0.25) is 0 Å². The Morgan fingerprint density at radius 2 is 2.30 bits per heavy atom. The number of hydrogen-bond acceptors (Lipinski definition) is 2. The molecule has 1 fully saturated rings. The Morgan fingerprint density at radius 3 is 2.60 bits per heavy atom. The summed E-state index contributed by atoms with van der Waals surface area (Å²) in [7, 11) is 2.05. The molecule has 0 aliphatic carbocycles. The quantitative estimate of drug-likeness (QED) is 0.620. The molecule has 1 unspecified atom stereocenters. The number of rotatable bonds is 2. The average molecular weight is 144 g/mol. The van der Waals surface area contributed by atoms with Gasteiger partial charge >= 0.3 is 0 Å². The van der Waals surface area contributed by atoms with E-state index in [0.29, 0.717) is 0 Å². The Morgan fingerprint density at radius 1 is 1.60 bits per heavy atom. The molecule has 0 aromatic heterocycles. The number of nitrogens with zero attached hydrogens (tertiary/aromatic N) is 1. The molecule has 0 radical (unpaired) electrons. The molecule has 1 heterocycles. The summed E-state index contributed by atoms with van der Waals surface area (Å²) < 4.78 is 0. The highest BCUT2D eigenvalue weighted by atomic mass is 15.2. The topological polar surface area (TPSA) is 15.3 Å². The highest BCUT2D eigenvalue weighted by Crippen LogP contribution is 2.11. The first-order valence-electron chi connectivity index (χ1n) is 4.15. The zero-order valence-corrected chi connectivity index (χ0v) is 7.22. The monoisotopic (exact) mass is 144 g/mol. The second kappa shape index (κ2) is 3.35. The Labute approximate surface area is 65.1 Å². The molecule has 2 nitrogen and oxygen atoms in total. The third-order valence-corrected chi connectivity index (χ3v) is 2.36. The van der Waals surface area contributed by atoms with E-state index in [-0.39, 0.29) is 1.43 Å². The fourth-order valence-corrected chi connectivity index (χ4v) is 1.49. The van der Waals surface area contributed by atoms with Crippen LogP contribution in [0.15, 0.2) is 0 Å². The Hall–Kier alpha value is -0.0800. The molecule has 1 rings (SSSR count). The molecule has 0 amide bonds. The van der Waals surface area contributed by atoms with Crippen LogP contribution in [0.25, 0.3) is 0 Å². The first kappa shape index (κ1) is 8.02. The maximum atomic E-state index is 3.31. The van der Waals surface area contributed by atoms with Gasteiger partial charge in [-0.3, -0.25) is 4.90 Å². The van der Waals surface area contributed by atoms with Crippen molar-refractivity contribution in [1.29, 1.82) is 0 Å². The predicted octanol–water partition coefficient (Wildman–Crippen LogP) is 0.934. The van der Waals surface area contributed by atoms with E-state index in [1.54, 1.807) is 0 Å². The summed E-state index contributed by atoms with van der Waals surface area (Å²) in [6, 6.07) is 1.46. The lowest BCUT2D eigenvalue weighted by Crippen LogP contribution is -2.33. The van der Waals surface area contributed by atoms with Crippen LogP contribution < -0.4 is 5.32 Å². The maximum absolute atomic E-state index is 3.31. The van der Waals surface area contributed by atoms with E-state index in [4.69, 9.17) is 0 Å². The average Bonchev–Trinajstić information content (AvgIpc) is 2.34. The normalized spacial score (nSPS) is 28.2. The second-order valence-electron chi connectivity index (χ2n) is 3.36. The summed E-state index contributed by atoms with van der Waals surface area (Å²) in [5.74, 6) is 0. The van der Waals surface area contributed by atoms with Gasteiger partial charge in [0.15, 0.2) is 0 Å². The lowest BCUT2D eigenvalue weighted by atomic mass is 10.3. The van der Waals surface area contributed by atoms with Crippen molar-refractivity contribution in [2.45, 2.75) is 32.4 Å². The van der Waals surface area contributed by atoms with Crippen LogP contribution in [0.1, 0.15) is 21.7 Å². The molecular weight excluding hydrogens is 124 g/mol. The van der Waals surface area contributed by atoms with Crippen LogP contribution in [-0.2, 0) is 0 Å². The number of likely N-dealkylation sites (tertiary alicyclic amines) is 1. The number of likely N-dealkylation sites (N-methyl/N-ethyl adjacent to an activating group) is 1. The van der Waals surface area contributed by atoms with Gasteiger partial charge in [-0.15, -0.1) is 0 Å². The van der Waals surface area contributed by atoms with Crippen molar-refractivity contribution >= 4 is 0 Å².